The van der Waals surface area contributed by atoms with Crippen LogP contribution in [0.2, 0.25) is 0 Å². The van der Waals surface area contributed by atoms with Crippen LogP contribution in [-0.4, -0.2) is 0 Å². The van der Waals surface area contributed by atoms with E-state index in [1.165, 1.54) is 0 Å². The number of benzene rings is 1. The average Bonchev–Trinajstić information content (AvgIpc) is 1.80. The van der Waals surface area contributed by atoms with Crippen molar-refractivity contribution in [3.05, 3.63) is 42.3 Å². The van der Waals surface area contributed by atoms with Gasteiger partial charge in [-0.3, -0.25) is 0 Å². The fourth-order valence-corrected chi connectivity index (χ4v) is 0.543. The second-order valence-corrected chi connectivity index (χ2v) is 1.74. The third-order valence-electron chi connectivity index (χ3n) is 1.01. The van der Waals surface area contributed by atoms with Gasteiger partial charge in [0, 0.05) is 0 Å². The van der Waals surface area contributed by atoms with Gasteiger partial charge < -0.3 is 0 Å². The second kappa shape index (κ2) is 2.13. The zero-order chi connectivity index (χ0) is 6.85. The molecule has 1 aromatic carbocycles. The van der Waals surface area contributed by atoms with Crippen LogP contribution in [-0.2, 0) is 0 Å². The molecule has 1 aromatic rings. The Morgan fingerprint density at radius 2 is 1.89 bits per heavy atom. The first-order valence-corrected chi connectivity index (χ1v) is 2.47. The molecule has 0 unspecified atom stereocenters. The first kappa shape index (κ1) is 6.20. The van der Waals surface area contributed by atoms with Gasteiger partial charge in [0.05, 0.1) is 0 Å². The predicted octanol–water partition coefficient (Wildman–Crippen LogP) is 2.15. The van der Waals surface area contributed by atoms with Gasteiger partial charge in [-0.25, -0.2) is 8.78 Å². The summed E-state index contributed by atoms with van der Waals surface area (Å²) in [6, 6.07) is 3.16. The van der Waals surface area contributed by atoms with Crippen molar-refractivity contribution in [1.29, 1.82) is 0 Å². The molecule has 1 rings (SSSR count). The molecular weight excluding hydrogens is 122 g/mol. The molecule has 0 spiro atoms. The van der Waals surface area contributed by atoms with E-state index in [4.69, 9.17) is 0 Å². The molecule has 9 heavy (non-hydrogen) atoms. The highest BCUT2D eigenvalue weighted by atomic mass is 19.1. The summed E-state index contributed by atoms with van der Waals surface area (Å²) in [6.45, 7) is 3.27. The lowest BCUT2D eigenvalue weighted by atomic mass is 10.2. The maximum atomic E-state index is 12.3. The Kier molecular flexibility index (Phi) is 1.47. The number of hydrogen-bond donors (Lipinski definition) is 0. The van der Waals surface area contributed by atoms with Gasteiger partial charge in [-0.05, 0) is 30.7 Å². The molecule has 1 radical (unpaired) electrons. The molecule has 0 saturated heterocycles. The molecule has 0 nitrogen and oxygen atoms in total. The van der Waals surface area contributed by atoms with Crippen LogP contribution in [0.3, 0.4) is 0 Å². The van der Waals surface area contributed by atoms with Crippen LogP contribution in [0.1, 0.15) is 5.56 Å². The highest BCUT2D eigenvalue weighted by Gasteiger charge is 1.95. The van der Waals surface area contributed by atoms with Crippen molar-refractivity contribution in [1.82, 2.24) is 0 Å². The van der Waals surface area contributed by atoms with Gasteiger partial charge in [0.25, 0.3) is 0 Å². The zero-order valence-corrected chi connectivity index (χ0v) is 4.70. The monoisotopic (exact) mass is 127 g/mol. The molecule has 0 fully saturated rings. The number of hydrogen-bond acceptors (Lipinski definition) is 0. The topological polar surface area (TPSA) is 0 Å². The van der Waals surface area contributed by atoms with Crippen LogP contribution in [0.25, 0.3) is 0 Å². The lowest BCUT2D eigenvalue weighted by molar-refractivity contribution is 0.596. The standard InChI is InChI=1S/C7H5F2/c1-5-4-6(8)2-3-7(5)9/h2-4H,1H2. The summed E-state index contributed by atoms with van der Waals surface area (Å²) in [5.41, 5.74) is 0.0926. The van der Waals surface area contributed by atoms with E-state index in [0.29, 0.717) is 0 Å². The highest BCUT2D eigenvalue weighted by molar-refractivity contribution is 5.20. The van der Waals surface area contributed by atoms with E-state index >= 15 is 0 Å². The molecule has 0 amide bonds. The van der Waals surface area contributed by atoms with Crippen LogP contribution in [0.15, 0.2) is 18.2 Å². The van der Waals surface area contributed by atoms with Crippen molar-refractivity contribution in [3.8, 4) is 0 Å². The van der Waals surface area contributed by atoms with Gasteiger partial charge in [-0.2, -0.15) is 0 Å². The Labute approximate surface area is 52.1 Å². The Morgan fingerprint density at radius 1 is 1.22 bits per heavy atom. The SMILES string of the molecule is [CH2]c1cc(F)ccc1F. The van der Waals surface area contributed by atoms with E-state index in [2.05, 4.69) is 6.92 Å². The fraction of sp³-hybridized carbons (Fsp3) is 0. The lowest BCUT2D eigenvalue weighted by Crippen LogP contribution is -1.81. The number of rotatable bonds is 0. The van der Waals surface area contributed by atoms with Crippen molar-refractivity contribution < 1.29 is 8.78 Å². The van der Waals surface area contributed by atoms with Gasteiger partial charge in [0.15, 0.2) is 0 Å². The Morgan fingerprint density at radius 3 is 2.33 bits per heavy atom. The Bertz CT molecular complexity index is 218. The van der Waals surface area contributed by atoms with E-state index in [0.717, 1.165) is 18.2 Å². The molecule has 0 saturated carbocycles. The van der Waals surface area contributed by atoms with E-state index in [1.807, 2.05) is 0 Å². The Balaban J connectivity index is 3.17. The molecule has 0 aliphatic heterocycles. The van der Waals surface area contributed by atoms with Gasteiger partial charge in [-0.15, -0.1) is 0 Å². The average molecular weight is 127 g/mol. The third kappa shape index (κ3) is 1.25. The molecule has 2 heteroatoms. The number of halogens is 2. The smallest absolute Gasteiger partial charge is 0.126 e. The largest absolute Gasteiger partial charge is 0.207 e. The molecular formula is C7H5F2. The van der Waals surface area contributed by atoms with Crippen molar-refractivity contribution in [3.63, 3.8) is 0 Å². The van der Waals surface area contributed by atoms with Gasteiger partial charge in [-0.1, -0.05) is 0 Å². The molecule has 47 valence electrons. The zero-order valence-electron chi connectivity index (χ0n) is 4.70. The van der Waals surface area contributed by atoms with Crippen LogP contribution < -0.4 is 0 Å². The van der Waals surface area contributed by atoms with Crippen molar-refractivity contribution in [2.75, 3.05) is 0 Å². The maximum Gasteiger partial charge on any atom is 0.126 e. The van der Waals surface area contributed by atoms with E-state index < -0.39 is 11.6 Å². The lowest BCUT2D eigenvalue weighted by Gasteiger charge is -1.92. The quantitative estimate of drug-likeness (QED) is 0.501. The summed E-state index contributed by atoms with van der Waals surface area (Å²) in [5, 5.41) is 0. The van der Waals surface area contributed by atoms with Crippen LogP contribution in [0.5, 0.6) is 0 Å². The van der Waals surface area contributed by atoms with Crippen molar-refractivity contribution in [2.45, 2.75) is 0 Å². The molecule has 0 atom stereocenters. The molecule has 0 aromatic heterocycles. The summed E-state index contributed by atoms with van der Waals surface area (Å²) in [5.74, 6) is -0.933. The highest BCUT2D eigenvalue weighted by Crippen LogP contribution is 2.06. The van der Waals surface area contributed by atoms with E-state index in [9.17, 15) is 8.78 Å². The first-order chi connectivity index (χ1) is 4.20. The van der Waals surface area contributed by atoms with Crippen LogP contribution in [0.4, 0.5) is 8.78 Å². The second-order valence-electron chi connectivity index (χ2n) is 1.74. The molecule has 0 heterocycles. The molecule has 0 aliphatic carbocycles. The minimum absolute atomic E-state index is 0.0926. The summed E-state index contributed by atoms with van der Waals surface area (Å²) in [4.78, 5) is 0. The van der Waals surface area contributed by atoms with Crippen molar-refractivity contribution >= 4 is 0 Å². The third-order valence-corrected chi connectivity index (χ3v) is 1.01. The van der Waals surface area contributed by atoms with Crippen molar-refractivity contribution in [2.24, 2.45) is 0 Å². The predicted molar refractivity (Wildman–Crippen MR) is 30.8 cm³/mol. The molecule has 0 bridgehead atoms. The minimum atomic E-state index is -0.476. The summed E-state index contributed by atoms with van der Waals surface area (Å²) in [7, 11) is 0. The Hall–Kier alpha value is -0.920. The normalized spacial score (nSPS) is 9.67. The van der Waals surface area contributed by atoms with Crippen LogP contribution in [0, 0.1) is 18.6 Å². The minimum Gasteiger partial charge on any atom is -0.207 e. The fourth-order valence-electron chi connectivity index (χ4n) is 0.543. The van der Waals surface area contributed by atoms with E-state index in [1.54, 1.807) is 0 Å². The first-order valence-electron chi connectivity index (χ1n) is 2.47. The molecule has 0 aliphatic rings. The maximum absolute atomic E-state index is 12.3. The van der Waals surface area contributed by atoms with Gasteiger partial charge in [0.1, 0.15) is 11.6 Å². The summed E-state index contributed by atoms with van der Waals surface area (Å²) < 4.78 is 24.4. The van der Waals surface area contributed by atoms with E-state index in [-0.39, 0.29) is 5.56 Å². The van der Waals surface area contributed by atoms with Crippen LogP contribution >= 0.6 is 0 Å². The molecule has 0 N–H and O–H groups in total. The summed E-state index contributed by atoms with van der Waals surface area (Å²) >= 11 is 0. The summed E-state index contributed by atoms with van der Waals surface area (Å²) in [6.07, 6.45) is 0. The van der Waals surface area contributed by atoms with Gasteiger partial charge >= 0.3 is 0 Å². The van der Waals surface area contributed by atoms with Gasteiger partial charge in [0.2, 0.25) is 0 Å².